The van der Waals surface area contributed by atoms with Gasteiger partial charge < -0.3 is 5.73 Å². The van der Waals surface area contributed by atoms with Crippen molar-refractivity contribution in [3.05, 3.63) is 40.6 Å². The molecule has 7 heteroatoms. The number of hydrogen-bond acceptors (Lipinski definition) is 4. The Kier molecular flexibility index (Phi) is 3.45. The molecule has 18 heavy (non-hydrogen) atoms. The minimum atomic E-state index is -3.21. The molecular weight excluding hydrogens is 318 g/mol. The molecule has 96 valence electrons. The van der Waals surface area contributed by atoms with Crippen LogP contribution in [0.5, 0.6) is 0 Å². The molecular formula is C11H12BrN3O2S. The lowest BCUT2D eigenvalue weighted by Crippen LogP contribution is -2.01. The van der Waals surface area contributed by atoms with Crippen LogP contribution in [0.2, 0.25) is 0 Å². The van der Waals surface area contributed by atoms with Crippen LogP contribution in [0.4, 0.5) is 5.69 Å². The van der Waals surface area contributed by atoms with Gasteiger partial charge in [0.15, 0.2) is 9.84 Å². The molecule has 0 aliphatic rings. The highest BCUT2D eigenvalue weighted by atomic mass is 79.9. The molecule has 0 amide bonds. The largest absolute Gasteiger partial charge is 0.399 e. The summed E-state index contributed by atoms with van der Waals surface area (Å²) >= 11 is 3.36. The van der Waals surface area contributed by atoms with Gasteiger partial charge in [-0.05, 0) is 23.8 Å². The molecule has 0 saturated heterocycles. The van der Waals surface area contributed by atoms with Crippen molar-refractivity contribution in [3.8, 4) is 0 Å². The van der Waals surface area contributed by atoms with Gasteiger partial charge in [-0.15, -0.1) is 0 Å². The van der Waals surface area contributed by atoms with Crippen molar-refractivity contribution in [3.63, 3.8) is 0 Å². The Morgan fingerprint density at radius 2 is 2.11 bits per heavy atom. The topological polar surface area (TPSA) is 78.0 Å². The van der Waals surface area contributed by atoms with Crippen molar-refractivity contribution in [2.24, 2.45) is 0 Å². The molecule has 0 aliphatic heterocycles. The van der Waals surface area contributed by atoms with Gasteiger partial charge in [-0.25, -0.2) is 8.42 Å². The van der Waals surface area contributed by atoms with Gasteiger partial charge in [0.2, 0.25) is 0 Å². The summed E-state index contributed by atoms with van der Waals surface area (Å²) in [4.78, 5) is 0.213. The van der Waals surface area contributed by atoms with Crippen molar-refractivity contribution in [1.29, 1.82) is 0 Å². The van der Waals surface area contributed by atoms with Crippen molar-refractivity contribution >= 4 is 31.5 Å². The Morgan fingerprint density at radius 3 is 2.67 bits per heavy atom. The predicted octanol–water partition coefficient (Wildman–Crippen LogP) is 1.68. The van der Waals surface area contributed by atoms with Crippen LogP contribution in [-0.4, -0.2) is 24.5 Å². The zero-order valence-corrected chi connectivity index (χ0v) is 12.1. The van der Waals surface area contributed by atoms with Gasteiger partial charge in [0.05, 0.1) is 12.7 Å². The molecule has 2 aromatic rings. The van der Waals surface area contributed by atoms with E-state index in [1.807, 2.05) is 12.1 Å². The maximum atomic E-state index is 11.3. The van der Waals surface area contributed by atoms with Crippen molar-refractivity contribution in [2.45, 2.75) is 11.4 Å². The number of halogens is 1. The lowest BCUT2D eigenvalue weighted by molar-refractivity contribution is 0.601. The maximum Gasteiger partial charge on any atom is 0.178 e. The van der Waals surface area contributed by atoms with Crippen LogP contribution in [0.15, 0.2) is 40.0 Å². The summed E-state index contributed by atoms with van der Waals surface area (Å²) in [7, 11) is -3.21. The smallest absolute Gasteiger partial charge is 0.178 e. The number of anilines is 1. The zero-order chi connectivity index (χ0) is 13.3. The average molecular weight is 330 g/mol. The molecule has 0 bridgehead atoms. The average Bonchev–Trinajstić information content (AvgIpc) is 2.63. The first kappa shape index (κ1) is 13.1. The molecule has 0 unspecified atom stereocenters. The van der Waals surface area contributed by atoms with E-state index < -0.39 is 9.84 Å². The van der Waals surface area contributed by atoms with Crippen LogP contribution < -0.4 is 5.73 Å². The maximum absolute atomic E-state index is 11.3. The summed E-state index contributed by atoms with van der Waals surface area (Å²) < 4.78 is 25.1. The number of hydrogen-bond donors (Lipinski definition) is 1. The van der Waals surface area contributed by atoms with Crippen LogP contribution in [-0.2, 0) is 16.4 Å². The number of nitrogens with zero attached hydrogens (tertiary/aromatic N) is 2. The predicted molar refractivity (Wildman–Crippen MR) is 73.0 cm³/mol. The summed E-state index contributed by atoms with van der Waals surface area (Å²) in [5.41, 5.74) is 7.33. The molecule has 1 aromatic carbocycles. The van der Waals surface area contributed by atoms with E-state index in [1.54, 1.807) is 10.7 Å². The Bertz CT molecular complexity index is 659. The van der Waals surface area contributed by atoms with Gasteiger partial charge in [-0.1, -0.05) is 15.9 Å². The monoisotopic (exact) mass is 329 g/mol. The van der Waals surface area contributed by atoms with Gasteiger partial charge in [0.1, 0.15) is 4.90 Å². The molecule has 0 atom stereocenters. The van der Waals surface area contributed by atoms with Gasteiger partial charge >= 0.3 is 0 Å². The van der Waals surface area contributed by atoms with Gasteiger partial charge in [0.25, 0.3) is 0 Å². The van der Waals surface area contributed by atoms with E-state index in [9.17, 15) is 8.42 Å². The first-order valence-corrected chi connectivity index (χ1v) is 7.80. The standard InChI is InChI=1S/C11H12BrN3O2S/c1-18(16,17)11-5-14-15(7-11)6-8-2-9(12)4-10(13)3-8/h2-5,7H,6,13H2,1H3. The molecule has 0 saturated carbocycles. The van der Waals surface area contributed by atoms with Crippen molar-refractivity contribution in [2.75, 3.05) is 12.0 Å². The lowest BCUT2D eigenvalue weighted by atomic mass is 10.2. The third-order valence-corrected chi connectivity index (χ3v) is 3.89. The lowest BCUT2D eigenvalue weighted by Gasteiger charge is -2.04. The van der Waals surface area contributed by atoms with E-state index in [0.717, 1.165) is 16.3 Å². The summed E-state index contributed by atoms with van der Waals surface area (Å²) in [6, 6.07) is 5.54. The Morgan fingerprint density at radius 1 is 1.39 bits per heavy atom. The highest BCUT2D eigenvalue weighted by Crippen LogP contribution is 2.18. The number of aromatic nitrogens is 2. The molecule has 1 heterocycles. The Hall–Kier alpha value is -1.34. The number of sulfone groups is 1. The number of benzene rings is 1. The van der Waals surface area contributed by atoms with Crippen molar-refractivity contribution in [1.82, 2.24) is 9.78 Å². The first-order valence-electron chi connectivity index (χ1n) is 5.12. The third-order valence-electron chi connectivity index (χ3n) is 2.36. The Balaban J connectivity index is 2.27. The molecule has 0 fully saturated rings. The molecule has 5 nitrogen and oxygen atoms in total. The van der Waals surface area contributed by atoms with E-state index in [1.165, 1.54) is 12.4 Å². The fourth-order valence-corrected chi connectivity index (χ4v) is 2.69. The van der Waals surface area contributed by atoms with Crippen LogP contribution in [0.3, 0.4) is 0 Å². The molecule has 1 aromatic heterocycles. The molecule has 0 spiro atoms. The SMILES string of the molecule is CS(=O)(=O)c1cnn(Cc2cc(N)cc(Br)c2)c1. The first-order chi connectivity index (χ1) is 8.34. The molecule has 0 aliphatic carbocycles. The van der Waals surface area contributed by atoms with Crippen LogP contribution in [0, 0.1) is 0 Å². The second kappa shape index (κ2) is 4.74. The summed E-state index contributed by atoms with van der Waals surface area (Å²) in [6.07, 6.45) is 4.01. The van der Waals surface area contributed by atoms with E-state index in [0.29, 0.717) is 12.2 Å². The normalized spacial score (nSPS) is 11.7. The van der Waals surface area contributed by atoms with Crippen LogP contribution in [0.25, 0.3) is 0 Å². The molecule has 0 radical (unpaired) electrons. The third kappa shape index (κ3) is 3.11. The van der Waals surface area contributed by atoms with E-state index >= 15 is 0 Å². The highest BCUT2D eigenvalue weighted by molar-refractivity contribution is 9.10. The van der Waals surface area contributed by atoms with Crippen LogP contribution >= 0.6 is 15.9 Å². The highest BCUT2D eigenvalue weighted by Gasteiger charge is 2.10. The fourth-order valence-electron chi connectivity index (χ4n) is 1.58. The molecule has 2 rings (SSSR count). The quantitative estimate of drug-likeness (QED) is 0.869. The van der Waals surface area contributed by atoms with Crippen molar-refractivity contribution < 1.29 is 8.42 Å². The summed E-state index contributed by atoms with van der Waals surface area (Å²) in [6.45, 7) is 0.471. The minimum Gasteiger partial charge on any atom is -0.399 e. The van der Waals surface area contributed by atoms with E-state index in [4.69, 9.17) is 5.73 Å². The fraction of sp³-hybridized carbons (Fsp3) is 0.182. The van der Waals surface area contributed by atoms with E-state index in [-0.39, 0.29) is 4.90 Å². The summed E-state index contributed by atoms with van der Waals surface area (Å²) in [5.74, 6) is 0. The van der Waals surface area contributed by atoms with Crippen LogP contribution in [0.1, 0.15) is 5.56 Å². The second-order valence-electron chi connectivity index (χ2n) is 4.04. The number of nitrogen functional groups attached to an aromatic ring is 1. The van der Waals surface area contributed by atoms with Gasteiger partial charge in [0, 0.05) is 22.6 Å². The molecule has 2 N–H and O–H groups in total. The zero-order valence-electron chi connectivity index (χ0n) is 9.67. The van der Waals surface area contributed by atoms with Gasteiger partial charge in [-0.2, -0.15) is 5.10 Å². The minimum absolute atomic E-state index is 0.213. The summed E-state index contributed by atoms with van der Waals surface area (Å²) in [5, 5.41) is 4.02. The van der Waals surface area contributed by atoms with E-state index in [2.05, 4.69) is 21.0 Å². The number of rotatable bonds is 3. The second-order valence-corrected chi connectivity index (χ2v) is 6.97. The Labute approximate surface area is 114 Å². The number of nitrogens with two attached hydrogens (primary N) is 1. The van der Waals surface area contributed by atoms with Gasteiger partial charge in [-0.3, -0.25) is 4.68 Å².